The summed E-state index contributed by atoms with van der Waals surface area (Å²) in [6.45, 7) is 5.83. The minimum absolute atomic E-state index is 0.0215. The van der Waals surface area contributed by atoms with Crippen LogP contribution in [-0.2, 0) is 24.5 Å². The fraction of sp³-hybridized carbons (Fsp3) is 0.296. The van der Waals surface area contributed by atoms with Crippen LogP contribution in [0.2, 0.25) is 0 Å². The van der Waals surface area contributed by atoms with E-state index in [0.29, 0.717) is 41.8 Å². The molecule has 7 nitrogen and oxygen atoms in total. The molecule has 0 saturated carbocycles. The molecule has 1 amide bonds. The highest BCUT2D eigenvalue weighted by atomic mass is 16.5. The molecule has 0 bridgehead atoms. The molecule has 174 valence electrons. The fourth-order valence-electron chi connectivity index (χ4n) is 5.56. The zero-order valence-electron chi connectivity index (χ0n) is 19.7. The van der Waals surface area contributed by atoms with Crippen LogP contribution in [0.1, 0.15) is 41.5 Å². The fourth-order valence-corrected chi connectivity index (χ4v) is 5.56. The number of allylic oxidation sites excluding steroid dienone is 1. The summed E-state index contributed by atoms with van der Waals surface area (Å²) in [5, 5.41) is 2.90. The lowest BCUT2D eigenvalue weighted by atomic mass is 9.63. The van der Waals surface area contributed by atoms with Gasteiger partial charge in [0.2, 0.25) is 5.91 Å². The van der Waals surface area contributed by atoms with Crippen molar-refractivity contribution in [2.24, 2.45) is 5.73 Å². The lowest BCUT2D eigenvalue weighted by molar-refractivity contribution is -0.138. The Morgan fingerprint density at radius 3 is 2.50 bits per heavy atom. The molecule has 2 aliphatic heterocycles. The van der Waals surface area contributed by atoms with Gasteiger partial charge in [0.15, 0.2) is 5.78 Å². The number of hydrogen-bond acceptors (Lipinski definition) is 6. The number of Topliss-reactive ketones (excluding diaryl/α,β-unsaturated/α-hetero) is 1. The molecule has 1 unspecified atom stereocenters. The molecule has 1 atom stereocenters. The van der Waals surface area contributed by atoms with Crippen LogP contribution in [0.5, 0.6) is 0 Å². The van der Waals surface area contributed by atoms with Gasteiger partial charge in [0, 0.05) is 28.9 Å². The number of carbonyl (C=O) groups is 3. The molecule has 0 fully saturated rings. The number of esters is 1. The lowest BCUT2D eigenvalue weighted by Crippen LogP contribution is -2.53. The summed E-state index contributed by atoms with van der Waals surface area (Å²) in [6, 6.07) is 11.5. The molecule has 2 aromatic carbocycles. The standard InChI is InChI=1S/C27H27N3O4/c1-14-9-11-18-17(12-14)27(26(33)29-18)22-19(6-5-7-21(22)31)30(24(28)23(27)25(32)34-4)20-13-15(2)8-10-16(20)3/h8-13H,5-7,28H2,1-4H3,(H,29,33). The van der Waals surface area contributed by atoms with E-state index in [2.05, 4.69) is 5.32 Å². The third-order valence-electron chi connectivity index (χ3n) is 7.06. The van der Waals surface area contributed by atoms with Crippen molar-refractivity contribution < 1.29 is 19.1 Å². The van der Waals surface area contributed by atoms with Crippen LogP contribution >= 0.6 is 0 Å². The molecule has 1 spiro atoms. The van der Waals surface area contributed by atoms with Gasteiger partial charge >= 0.3 is 5.97 Å². The number of nitrogens with zero attached hydrogens (tertiary/aromatic N) is 1. The largest absolute Gasteiger partial charge is 0.466 e. The van der Waals surface area contributed by atoms with Crippen LogP contribution in [0.3, 0.4) is 0 Å². The Morgan fingerprint density at radius 1 is 1.06 bits per heavy atom. The Balaban J connectivity index is 1.94. The number of benzene rings is 2. The number of anilines is 2. The molecule has 7 heteroatoms. The quantitative estimate of drug-likeness (QED) is 0.668. The highest BCUT2D eigenvalue weighted by molar-refractivity contribution is 6.23. The molecule has 0 radical (unpaired) electrons. The van der Waals surface area contributed by atoms with Crippen LogP contribution in [0.4, 0.5) is 11.4 Å². The maximum Gasteiger partial charge on any atom is 0.339 e. The van der Waals surface area contributed by atoms with Gasteiger partial charge in [-0.25, -0.2) is 4.79 Å². The minimum atomic E-state index is -1.65. The molecule has 1 aliphatic carbocycles. The SMILES string of the molecule is COC(=O)C1=C(N)N(c2cc(C)ccc2C)C2=C(C(=O)CCC2)C12C(=O)Nc1ccc(C)cc12. The Kier molecular flexibility index (Phi) is 4.90. The van der Waals surface area contributed by atoms with Crippen molar-refractivity contribution in [3.05, 3.63) is 81.3 Å². The summed E-state index contributed by atoms with van der Waals surface area (Å²) in [5.41, 5.74) is 10.9. The number of amides is 1. The van der Waals surface area contributed by atoms with E-state index in [1.165, 1.54) is 7.11 Å². The van der Waals surface area contributed by atoms with E-state index in [0.717, 1.165) is 22.4 Å². The van der Waals surface area contributed by atoms with E-state index in [1.54, 1.807) is 11.0 Å². The van der Waals surface area contributed by atoms with Gasteiger partial charge in [0.05, 0.1) is 12.8 Å². The summed E-state index contributed by atoms with van der Waals surface area (Å²) in [6.07, 6.45) is 1.49. The van der Waals surface area contributed by atoms with Gasteiger partial charge in [-0.1, -0.05) is 29.8 Å². The van der Waals surface area contributed by atoms with Crippen molar-refractivity contribution in [2.75, 3.05) is 17.3 Å². The lowest BCUT2D eigenvalue weighted by Gasteiger charge is -2.44. The molecule has 0 saturated heterocycles. The van der Waals surface area contributed by atoms with Crippen molar-refractivity contribution in [2.45, 2.75) is 45.4 Å². The molecule has 34 heavy (non-hydrogen) atoms. The number of nitrogens with two attached hydrogens (primary N) is 1. The van der Waals surface area contributed by atoms with Crippen LogP contribution in [0, 0.1) is 20.8 Å². The number of rotatable bonds is 2. The predicted octanol–water partition coefficient (Wildman–Crippen LogP) is 3.67. The Bertz CT molecular complexity index is 1350. The van der Waals surface area contributed by atoms with E-state index >= 15 is 0 Å². The maximum atomic E-state index is 13.8. The second-order valence-electron chi connectivity index (χ2n) is 9.23. The van der Waals surface area contributed by atoms with E-state index in [1.807, 2.05) is 51.1 Å². The van der Waals surface area contributed by atoms with Crippen LogP contribution < -0.4 is 16.0 Å². The highest BCUT2D eigenvalue weighted by Gasteiger charge is 2.62. The summed E-state index contributed by atoms with van der Waals surface area (Å²) in [5.74, 6) is -1.24. The van der Waals surface area contributed by atoms with Gasteiger partial charge in [-0.05, 0) is 56.9 Å². The van der Waals surface area contributed by atoms with Crippen LogP contribution in [-0.4, -0.2) is 24.8 Å². The summed E-state index contributed by atoms with van der Waals surface area (Å²) >= 11 is 0. The molecular weight excluding hydrogens is 430 g/mol. The zero-order valence-corrected chi connectivity index (χ0v) is 19.7. The van der Waals surface area contributed by atoms with Crippen molar-refractivity contribution >= 4 is 29.0 Å². The monoisotopic (exact) mass is 457 g/mol. The van der Waals surface area contributed by atoms with E-state index in [4.69, 9.17) is 10.5 Å². The number of aryl methyl sites for hydroxylation is 3. The molecule has 2 aromatic rings. The Labute approximate surface area is 198 Å². The van der Waals surface area contributed by atoms with Gasteiger partial charge in [0.25, 0.3) is 0 Å². The van der Waals surface area contributed by atoms with Crippen LogP contribution in [0.15, 0.2) is 59.1 Å². The van der Waals surface area contributed by atoms with Gasteiger partial charge in [-0.3, -0.25) is 14.5 Å². The molecular formula is C27H27N3O4. The second-order valence-corrected chi connectivity index (χ2v) is 9.23. The van der Waals surface area contributed by atoms with Gasteiger partial charge in [0.1, 0.15) is 16.8 Å². The number of carbonyl (C=O) groups excluding carboxylic acids is 3. The van der Waals surface area contributed by atoms with Crippen molar-refractivity contribution in [3.8, 4) is 0 Å². The smallest absolute Gasteiger partial charge is 0.339 e. The molecule has 3 N–H and O–H groups in total. The molecule has 5 rings (SSSR count). The second kappa shape index (κ2) is 7.58. The summed E-state index contributed by atoms with van der Waals surface area (Å²) < 4.78 is 5.18. The topological polar surface area (TPSA) is 102 Å². The Hall–Kier alpha value is -3.87. The van der Waals surface area contributed by atoms with Crippen molar-refractivity contribution in [1.29, 1.82) is 0 Å². The normalized spacial score (nSPS) is 21.6. The van der Waals surface area contributed by atoms with Crippen LogP contribution in [0.25, 0.3) is 0 Å². The highest BCUT2D eigenvalue weighted by Crippen LogP contribution is 2.55. The van der Waals surface area contributed by atoms with Crippen molar-refractivity contribution in [3.63, 3.8) is 0 Å². The van der Waals surface area contributed by atoms with Gasteiger partial charge in [-0.2, -0.15) is 0 Å². The van der Waals surface area contributed by atoms with E-state index < -0.39 is 17.3 Å². The predicted molar refractivity (Wildman–Crippen MR) is 129 cm³/mol. The van der Waals surface area contributed by atoms with E-state index in [-0.39, 0.29) is 17.2 Å². The third-order valence-corrected chi connectivity index (χ3v) is 7.06. The first-order valence-corrected chi connectivity index (χ1v) is 11.4. The summed E-state index contributed by atoms with van der Waals surface area (Å²) in [7, 11) is 1.26. The Morgan fingerprint density at radius 2 is 1.76 bits per heavy atom. The first-order chi connectivity index (χ1) is 16.2. The number of nitrogens with one attached hydrogen (secondary N) is 1. The average molecular weight is 458 g/mol. The van der Waals surface area contributed by atoms with Gasteiger partial charge in [-0.15, -0.1) is 0 Å². The van der Waals surface area contributed by atoms with Gasteiger partial charge < -0.3 is 15.8 Å². The van der Waals surface area contributed by atoms with Crippen molar-refractivity contribution in [1.82, 2.24) is 0 Å². The first kappa shape index (κ1) is 21.9. The molecule has 3 aliphatic rings. The average Bonchev–Trinajstić information content (AvgIpc) is 3.07. The first-order valence-electron chi connectivity index (χ1n) is 11.4. The number of methoxy groups -OCH3 is 1. The number of fused-ring (bicyclic) bond motifs is 3. The molecule has 2 heterocycles. The number of ketones is 1. The third kappa shape index (κ3) is 2.79. The molecule has 0 aromatic heterocycles. The number of ether oxygens (including phenoxy) is 1. The minimum Gasteiger partial charge on any atom is -0.466 e. The van der Waals surface area contributed by atoms with E-state index in [9.17, 15) is 14.4 Å². The number of hydrogen-bond donors (Lipinski definition) is 2. The zero-order chi connectivity index (χ0) is 24.4. The summed E-state index contributed by atoms with van der Waals surface area (Å²) in [4.78, 5) is 42.7. The maximum absolute atomic E-state index is 13.8.